The molecule has 0 fully saturated rings. The molecule has 0 saturated heterocycles. The summed E-state index contributed by atoms with van der Waals surface area (Å²) in [6.07, 6.45) is 9.33. The Morgan fingerprint density at radius 2 is 1.77 bits per heavy atom. The van der Waals surface area contributed by atoms with E-state index in [0.717, 1.165) is 43.6 Å². The van der Waals surface area contributed by atoms with E-state index >= 15 is 0 Å². The first kappa shape index (κ1) is 21.5. The molecule has 2 heterocycles. The lowest BCUT2D eigenvalue weighted by atomic mass is 9.95. The van der Waals surface area contributed by atoms with E-state index in [2.05, 4.69) is 40.3 Å². The van der Waals surface area contributed by atoms with Crippen LogP contribution in [0.5, 0.6) is 0 Å². The number of thioether (sulfide) groups is 1. The quantitative estimate of drug-likeness (QED) is 0.356. The molecule has 0 aliphatic rings. The third-order valence-corrected chi connectivity index (χ3v) is 7.80. The lowest BCUT2D eigenvalue weighted by Crippen LogP contribution is -2.18. The van der Waals surface area contributed by atoms with Crippen molar-refractivity contribution in [3.8, 4) is 22.3 Å². The van der Waals surface area contributed by atoms with Crippen molar-refractivity contribution in [3.63, 3.8) is 0 Å². The number of nitrogens with zero attached hydrogens (tertiary/aromatic N) is 2. The third-order valence-electron chi connectivity index (χ3n) is 5.47. The van der Waals surface area contributed by atoms with Crippen molar-refractivity contribution in [2.75, 3.05) is 12.5 Å². The van der Waals surface area contributed by atoms with E-state index in [1.54, 1.807) is 24.9 Å². The second-order valence-corrected chi connectivity index (χ2v) is 11.1. The highest BCUT2D eigenvalue weighted by Crippen LogP contribution is 2.33. The number of sulfone groups is 1. The zero-order valence-electron chi connectivity index (χ0n) is 17.7. The second kappa shape index (κ2) is 8.81. The van der Waals surface area contributed by atoms with Crippen molar-refractivity contribution in [3.05, 3.63) is 78.8 Å². The van der Waals surface area contributed by atoms with Gasteiger partial charge in [-0.2, -0.15) is 0 Å². The molecular formula is C25H24N2O2S2. The standard InChI is InChI=1S/C25H24N2O2S2/c1-17(31(3,28)29)10-18-11-21-8-5-9-27-25(21)24(12-18)20-7-4-6-19(13-20)22-14-23(30-2)16-26-15-22/h4-9,11-17H,10H2,1-3H3. The Balaban J connectivity index is 1.83. The van der Waals surface area contributed by atoms with Crippen LogP contribution in [0.3, 0.4) is 0 Å². The molecule has 0 aliphatic heterocycles. The van der Waals surface area contributed by atoms with E-state index in [-0.39, 0.29) is 0 Å². The average molecular weight is 449 g/mol. The maximum absolute atomic E-state index is 12.0. The molecule has 2 aromatic carbocycles. The molecule has 2 aromatic heterocycles. The summed E-state index contributed by atoms with van der Waals surface area (Å²) >= 11 is 1.67. The van der Waals surface area contributed by atoms with E-state index in [1.807, 2.05) is 42.9 Å². The number of pyridine rings is 2. The number of aromatic nitrogens is 2. The second-order valence-electron chi connectivity index (χ2n) is 7.76. The van der Waals surface area contributed by atoms with Crippen molar-refractivity contribution in [1.29, 1.82) is 0 Å². The fourth-order valence-corrected chi connectivity index (χ4v) is 4.54. The first-order chi connectivity index (χ1) is 14.8. The number of benzene rings is 2. The number of hydrogen-bond acceptors (Lipinski definition) is 5. The number of fused-ring (bicyclic) bond motifs is 1. The molecule has 0 N–H and O–H groups in total. The molecule has 1 unspecified atom stereocenters. The molecule has 4 aromatic rings. The topological polar surface area (TPSA) is 59.9 Å². The van der Waals surface area contributed by atoms with Gasteiger partial charge in [-0.1, -0.05) is 24.3 Å². The molecule has 1 atom stereocenters. The molecule has 0 bridgehead atoms. The van der Waals surface area contributed by atoms with E-state index in [0.29, 0.717) is 6.42 Å². The van der Waals surface area contributed by atoms with Gasteiger partial charge in [-0.3, -0.25) is 9.97 Å². The minimum Gasteiger partial charge on any atom is -0.263 e. The highest BCUT2D eigenvalue weighted by molar-refractivity contribution is 7.98. The van der Waals surface area contributed by atoms with Crippen LogP contribution in [0.2, 0.25) is 0 Å². The third kappa shape index (κ3) is 4.81. The Morgan fingerprint density at radius 1 is 0.968 bits per heavy atom. The highest BCUT2D eigenvalue weighted by atomic mass is 32.2. The van der Waals surface area contributed by atoms with E-state index in [1.165, 1.54) is 6.26 Å². The summed E-state index contributed by atoms with van der Waals surface area (Å²) in [4.78, 5) is 10.1. The minimum atomic E-state index is -3.11. The summed E-state index contributed by atoms with van der Waals surface area (Å²) in [7, 11) is -3.11. The first-order valence-electron chi connectivity index (χ1n) is 10.0. The molecule has 4 rings (SSSR count). The Labute approximate surface area is 187 Å². The number of rotatable bonds is 6. The molecular weight excluding hydrogens is 424 g/mol. The SMILES string of the molecule is CSc1cncc(-c2cccc(-c3cc(CC(C)S(C)(=O)=O)cc4cccnc34)c2)c1. The summed E-state index contributed by atoms with van der Waals surface area (Å²) in [5.41, 5.74) is 6.10. The molecule has 31 heavy (non-hydrogen) atoms. The average Bonchev–Trinajstić information content (AvgIpc) is 2.78. The van der Waals surface area contributed by atoms with Gasteiger partial charge in [0.2, 0.25) is 0 Å². The molecule has 0 aliphatic carbocycles. The zero-order valence-corrected chi connectivity index (χ0v) is 19.4. The smallest absolute Gasteiger partial charge is 0.150 e. The van der Waals surface area contributed by atoms with Crippen LogP contribution in [0.4, 0.5) is 0 Å². The fraction of sp³-hybridized carbons (Fsp3) is 0.200. The van der Waals surface area contributed by atoms with Gasteiger partial charge in [0.1, 0.15) is 9.84 Å². The van der Waals surface area contributed by atoms with Crippen molar-refractivity contribution in [2.45, 2.75) is 23.5 Å². The van der Waals surface area contributed by atoms with Crippen molar-refractivity contribution in [2.24, 2.45) is 0 Å². The van der Waals surface area contributed by atoms with Crippen LogP contribution in [0.25, 0.3) is 33.2 Å². The lowest BCUT2D eigenvalue weighted by molar-refractivity contribution is 0.588. The molecule has 158 valence electrons. The maximum Gasteiger partial charge on any atom is 0.150 e. The van der Waals surface area contributed by atoms with Gasteiger partial charge in [0.15, 0.2) is 0 Å². The Bertz CT molecular complexity index is 1350. The van der Waals surface area contributed by atoms with Gasteiger partial charge in [0.05, 0.1) is 10.8 Å². The van der Waals surface area contributed by atoms with Crippen molar-refractivity contribution < 1.29 is 8.42 Å². The molecule has 4 nitrogen and oxygen atoms in total. The van der Waals surface area contributed by atoms with Crippen LogP contribution in [-0.4, -0.2) is 36.1 Å². The monoisotopic (exact) mass is 448 g/mol. The Morgan fingerprint density at radius 3 is 2.55 bits per heavy atom. The first-order valence-corrected chi connectivity index (χ1v) is 13.2. The van der Waals surface area contributed by atoms with Crippen molar-refractivity contribution in [1.82, 2.24) is 9.97 Å². The number of hydrogen-bond donors (Lipinski definition) is 0. The summed E-state index contributed by atoms with van der Waals surface area (Å²) in [5.74, 6) is 0. The summed E-state index contributed by atoms with van der Waals surface area (Å²) in [5, 5.41) is 0.563. The van der Waals surface area contributed by atoms with Crippen LogP contribution in [0, 0.1) is 0 Å². The highest BCUT2D eigenvalue weighted by Gasteiger charge is 2.17. The Kier molecular flexibility index (Phi) is 6.12. The van der Waals surface area contributed by atoms with Crippen LogP contribution in [0.1, 0.15) is 12.5 Å². The minimum absolute atomic E-state index is 0.443. The van der Waals surface area contributed by atoms with Gasteiger partial charge in [-0.15, -0.1) is 11.8 Å². The van der Waals surface area contributed by atoms with Crippen molar-refractivity contribution >= 4 is 32.5 Å². The van der Waals surface area contributed by atoms with Gasteiger partial charge in [0, 0.05) is 46.3 Å². The lowest BCUT2D eigenvalue weighted by Gasteiger charge is -2.14. The van der Waals surface area contributed by atoms with Crippen LogP contribution < -0.4 is 0 Å². The summed E-state index contributed by atoms with van der Waals surface area (Å²) in [6, 6.07) is 18.5. The van der Waals surface area contributed by atoms with E-state index in [9.17, 15) is 8.42 Å². The predicted molar refractivity (Wildman–Crippen MR) is 130 cm³/mol. The van der Waals surface area contributed by atoms with Gasteiger partial charge >= 0.3 is 0 Å². The van der Waals surface area contributed by atoms with Gasteiger partial charge in [-0.05, 0) is 66.6 Å². The summed E-state index contributed by atoms with van der Waals surface area (Å²) in [6.45, 7) is 1.76. The van der Waals surface area contributed by atoms with Crippen LogP contribution in [-0.2, 0) is 16.3 Å². The molecule has 0 saturated carbocycles. The largest absolute Gasteiger partial charge is 0.263 e. The maximum atomic E-state index is 12.0. The molecule has 6 heteroatoms. The van der Waals surface area contributed by atoms with Crippen LogP contribution >= 0.6 is 11.8 Å². The van der Waals surface area contributed by atoms with Crippen LogP contribution in [0.15, 0.2) is 78.1 Å². The normalized spacial score (nSPS) is 12.7. The zero-order chi connectivity index (χ0) is 22.0. The molecule has 0 radical (unpaired) electrons. The van der Waals surface area contributed by atoms with Gasteiger partial charge < -0.3 is 0 Å². The fourth-order valence-electron chi connectivity index (χ4n) is 3.63. The summed E-state index contributed by atoms with van der Waals surface area (Å²) < 4.78 is 24.0. The molecule has 0 amide bonds. The van der Waals surface area contributed by atoms with Gasteiger partial charge in [0.25, 0.3) is 0 Å². The van der Waals surface area contributed by atoms with E-state index < -0.39 is 15.1 Å². The molecule has 0 spiro atoms. The van der Waals surface area contributed by atoms with E-state index in [4.69, 9.17) is 0 Å². The predicted octanol–water partition coefficient (Wildman–Crippen LogP) is 5.66. The van der Waals surface area contributed by atoms with Gasteiger partial charge in [-0.25, -0.2) is 8.42 Å². The Hall–Kier alpha value is -2.70.